The number of likely N-dealkylation sites (tertiary alicyclic amines) is 1. The Morgan fingerprint density at radius 1 is 1.27 bits per heavy atom. The van der Waals surface area contributed by atoms with Crippen molar-refractivity contribution in [2.75, 3.05) is 20.2 Å². The van der Waals surface area contributed by atoms with Gasteiger partial charge in [-0.15, -0.1) is 0 Å². The van der Waals surface area contributed by atoms with E-state index in [1.54, 1.807) is 25.0 Å². The number of carbonyl (C=O) groups is 1. The number of ether oxygens (including phenoxy) is 1. The van der Waals surface area contributed by atoms with E-state index in [2.05, 4.69) is 15.1 Å². The summed E-state index contributed by atoms with van der Waals surface area (Å²) < 4.78 is 10.5. The van der Waals surface area contributed by atoms with Crippen molar-refractivity contribution in [3.05, 3.63) is 63.5 Å². The van der Waals surface area contributed by atoms with Gasteiger partial charge < -0.3 is 19.1 Å². The van der Waals surface area contributed by atoms with Gasteiger partial charge in [0.25, 0.3) is 11.5 Å². The van der Waals surface area contributed by atoms with Crippen molar-refractivity contribution in [2.45, 2.75) is 25.7 Å². The topological polar surface area (TPSA) is 101 Å². The molecule has 2 aliphatic rings. The Kier molecular flexibility index (Phi) is 4.42. The Morgan fingerprint density at radius 3 is 2.83 bits per heavy atom. The summed E-state index contributed by atoms with van der Waals surface area (Å²) in [7, 11) is 1.61. The van der Waals surface area contributed by atoms with Crippen LogP contribution < -0.4 is 10.3 Å². The largest absolute Gasteiger partial charge is 0.497 e. The van der Waals surface area contributed by atoms with Crippen molar-refractivity contribution in [3.8, 4) is 17.0 Å². The molecule has 1 saturated heterocycles. The molecule has 0 unspecified atom stereocenters. The number of hydrogen-bond acceptors (Lipinski definition) is 6. The van der Waals surface area contributed by atoms with Crippen molar-refractivity contribution < 1.29 is 14.1 Å². The molecule has 3 heterocycles. The number of H-pyrrole nitrogens is 1. The molecule has 0 bridgehead atoms. The van der Waals surface area contributed by atoms with Gasteiger partial charge in [-0.25, -0.2) is 4.98 Å². The molecule has 1 aromatic carbocycles. The molecule has 1 aliphatic heterocycles. The van der Waals surface area contributed by atoms with Crippen LogP contribution in [0.5, 0.6) is 5.75 Å². The molecule has 1 N–H and O–H groups in total. The molecule has 5 rings (SSSR count). The van der Waals surface area contributed by atoms with Gasteiger partial charge in [-0.3, -0.25) is 9.59 Å². The number of rotatable bonds is 3. The first kappa shape index (κ1) is 18.6. The summed E-state index contributed by atoms with van der Waals surface area (Å²) in [6, 6.07) is 9.10. The SMILES string of the molecule is COc1ccc(-c2cc(C(=O)N3C[C@H]4CCc5c(nc(C)[nH]c5=O)[C@H]4C3)on2)cc1. The normalized spacial score (nSPS) is 20.0. The predicted molar refractivity (Wildman–Crippen MR) is 109 cm³/mol. The minimum Gasteiger partial charge on any atom is -0.497 e. The number of fused-ring (bicyclic) bond motifs is 3. The lowest BCUT2D eigenvalue weighted by Gasteiger charge is -2.25. The highest BCUT2D eigenvalue weighted by molar-refractivity contribution is 5.92. The first-order valence-corrected chi connectivity index (χ1v) is 10.0. The lowest BCUT2D eigenvalue weighted by atomic mass is 9.80. The van der Waals surface area contributed by atoms with E-state index in [-0.39, 0.29) is 23.1 Å². The quantitative estimate of drug-likeness (QED) is 0.717. The van der Waals surface area contributed by atoms with Crippen LogP contribution in [0.3, 0.4) is 0 Å². The zero-order valence-electron chi connectivity index (χ0n) is 16.8. The van der Waals surface area contributed by atoms with Crippen molar-refractivity contribution in [3.63, 3.8) is 0 Å². The van der Waals surface area contributed by atoms with Gasteiger partial charge in [0, 0.05) is 36.2 Å². The van der Waals surface area contributed by atoms with Crippen LogP contribution in [0, 0.1) is 12.8 Å². The number of nitrogens with zero attached hydrogens (tertiary/aromatic N) is 3. The number of hydrogen-bond donors (Lipinski definition) is 1. The summed E-state index contributed by atoms with van der Waals surface area (Å²) >= 11 is 0. The molecule has 0 saturated carbocycles. The summed E-state index contributed by atoms with van der Waals surface area (Å²) in [5.74, 6) is 1.79. The third kappa shape index (κ3) is 3.08. The van der Waals surface area contributed by atoms with E-state index in [9.17, 15) is 9.59 Å². The van der Waals surface area contributed by atoms with E-state index < -0.39 is 0 Å². The highest BCUT2D eigenvalue weighted by Crippen LogP contribution is 2.40. The van der Waals surface area contributed by atoms with Crippen LogP contribution in [0.4, 0.5) is 0 Å². The standard InChI is InChI=1S/C22H22N4O4/c1-12-23-20-16(21(27)24-12)8-5-14-10-26(11-17(14)20)22(28)19-9-18(25-30-19)13-3-6-15(29-2)7-4-13/h3-4,6-7,9,14,17H,5,8,10-11H2,1-2H3,(H,23,24,27)/t14-,17+/m1/s1. The number of methoxy groups -OCH3 is 1. The first-order valence-electron chi connectivity index (χ1n) is 10.0. The van der Waals surface area contributed by atoms with E-state index in [4.69, 9.17) is 9.26 Å². The molecule has 154 valence electrons. The average Bonchev–Trinajstić information content (AvgIpc) is 3.41. The van der Waals surface area contributed by atoms with Crippen LogP contribution in [0.1, 0.15) is 40.0 Å². The predicted octanol–water partition coefficient (Wildman–Crippen LogP) is 2.54. The summed E-state index contributed by atoms with van der Waals surface area (Å²) in [5.41, 5.74) is 3.00. The van der Waals surface area contributed by atoms with E-state index >= 15 is 0 Å². The maximum absolute atomic E-state index is 13.1. The Bertz CT molecular complexity index is 1160. The zero-order chi connectivity index (χ0) is 20.8. The second-order valence-electron chi connectivity index (χ2n) is 7.94. The molecule has 2 aromatic heterocycles. The van der Waals surface area contributed by atoms with Gasteiger partial charge >= 0.3 is 0 Å². The number of aryl methyl sites for hydroxylation is 1. The molecule has 3 aromatic rings. The van der Waals surface area contributed by atoms with Crippen LogP contribution in [0.15, 0.2) is 39.6 Å². The maximum atomic E-state index is 13.1. The average molecular weight is 406 g/mol. The van der Waals surface area contributed by atoms with Crippen LogP contribution >= 0.6 is 0 Å². The number of carbonyl (C=O) groups excluding carboxylic acids is 1. The lowest BCUT2D eigenvalue weighted by molar-refractivity contribution is 0.0744. The monoisotopic (exact) mass is 406 g/mol. The Hall–Kier alpha value is -3.42. The van der Waals surface area contributed by atoms with Gasteiger partial charge in [0.2, 0.25) is 5.76 Å². The second-order valence-corrected chi connectivity index (χ2v) is 7.94. The van der Waals surface area contributed by atoms with Gasteiger partial charge in [0.05, 0.1) is 12.8 Å². The van der Waals surface area contributed by atoms with Crippen LogP contribution in [-0.2, 0) is 6.42 Å². The number of nitrogens with one attached hydrogen (secondary N) is 1. The molecule has 1 fully saturated rings. The number of aromatic amines is 1. The third-order valence-electron chi connectivity index (χ3n) is 6.12. The fourth-order valence-electron chi connectivity index (χ4n) is 4.58. The zero-order valence-corrected chi connectivity index (χ0v) is 16.8. The van der Waals surface area contributed by atoms with Crippen LogP contribution in [0.2, 0.25) is 0 Å². The van der Waals surface area contributed by atoms with Crippen molar-refractivity contribution >= 4 is 5.91 Å². The molecule has 30 heavy (non-hydrogen) atoms. The summed E-state index contributed by atoms with van der Waals surface area (Å²) in [6.07, 6.45) is 1.58. The van der Waals surface area contributed by atoms with Gasteiger partial charge in [-0.05, 0) is 49.9 Å². The number of amides is 1. The molecule has 2 atom stereocenters. The Morgan fingerprint density at radius 2 is 2.07 bits per heavy atom. The van der Waals surface area contributed by atoms with Gasteiger partial charge in [0.15, 0.2) is 0 Å². The molecule has 1 aliphatic carbocycles. The van der Waals surface area contributed by atoms with E-state index in [0.717, 1.165) is 29.0 Å². The smallest absolute Gasteiger partial charge is 0.292 e. The molecule has 8 nitrogen and oxygen atoms in total. The Balaban J connectivity index is 1.37. The molecule has 0 spiro atoms. The molecule has 8 heteroatoms. The van der Waals surface area contributed by atoms with Gasteiger partial charge in [0.1, 0.15) is 17.3 Å². The Labute approximate surface area is 172 Å². The fraction of sp³-hybridized carbons (Fsp3) is 0.364. The second kappa shape index (κ2) is 7.12. The molecule has 0 radical (unpaired) electrons. The minimum absolute atomic E-state index is 0.0555. The summed E-state index contributed by atoms with van der Waals surface area (Å²) in [4.78, 5) is 34.5. The van der Waals surface area contributed by atoms with Crippen LogP contribution in [0.25, 0.3) is 11.3 Å². The highest BCUT2D eigenvalue weighted by atomic mass is 16.5. The number of aromatic nitrogens is 3. The van der Waals surface area contributed by atoms with Gasteiger partial charge in [-0.2, -0.15) is 0 Å². The van der Waals surface area contributed by atoms with E-state index in [1.807, 2.05) is 24.3 Å². The molecular formula is C22H22N4O4. The summed E-state index contributed by atoms with van der Waals surface area (Å²) in [6.45, 7) is 2.96. The highest BCUT2D eigenvalue weighted by Gasteiger charge is 2.42. The van der Waals surface area contributed by atoms with E-state index in [0.29, 0.717) is 36.9 Å². The first-order chi connectivity index (χ1) is 14.5. The van der Waals surface area contributed by atoms with E-state index in [1.165, 1.54) is 0 Å². The van der Waals surface area contributed by atoms with Crippen LogP contribution in [-0.4, -0.2) is 46.1 Å². The van der Waals surface area contributed by atoms with Crippen molar-refractivity contribution in [1.29, 1.82) is 0 Å². The lowest BCUT2D eigenvalue weighted by Crippen LogP contribution is -2.29. The minimum atomic E-state index is -0.181. The maximum Gasteiger partial charge on any atom is 0.292 e. The fourth-order valence-corrected chi connectivity index (χ4v) is 4.58. The van der Waals surface area contributed by atoms with Crippen molar-refractivity contribution in [1.82, 2.24) is 20.0 Å². The summed E-state index contributed by atoms with van der Waals surface area (Å²) in [5, 5.41) is 4.06. The van der Waals surface area contributed by atoms with Gasteiger partial charge in [-0.1, -0.05) is 5.16 Å². The van der Waals surface area contributed by atoms with Crippen molar-refractivity contribution in [2.24, 2.45) is 5.92 Å². The number of benzene rings is 1. The molecule has 1 amide bonds. The third-order valence-corrected chi connectivity index (χ3v) is 6.12. The molecular weight excluding hydrogens is 384 g/mol.